The number of carbonyl (C=O) groups excluding carboxylic acids is 2. The molecule has 5 heteroatoms. The van der Waals surface area contributed by atoms with Crippen LogP contribution < -0.4 is 5.32 Å². The largest absolute Gasteiger partial charge is 0.352 e. The van der Waals surface area contributed by atoms with Crippen LogP contribution >= 0.6 is 15.9 Å². The second kappa shape index (κ2) is 6.88. The third-order valence-corrected chi connectivity index (χ3v) is 3.85. The molecule has 20 heavy (non-hydrogen) atoms. The average molecular weight is 339 g/mol. The molecule has 0 atom stereocenters. The molecule has 0 aliphatic carbocycles. The topological polar surface area (TPSA) is 49.4 Å². The van der Waals surface area contributed by atoms with E-state index in [4.69, 9.17) is 0 Å². The molecule has 0 spiro atoms. The molecule has 108 valence electrons. The number of hydrogen-bond donors (Lipinski definition) is 1. The fourth-order valence-electron chi connectivity index (χ4n) is 2.38. The van der Waals surface area contributed by atoms with Gasteiger partial charge in [0.15, 0.2) is 0 Å². The van der Waals surface area contributed by atoms with E-state index in [2.05, 4.69) is 21.2 Å². The lowest BCUT2D eigenvalue weighted by molar-refractivity contribution is -0.129. The molecule has 0 aromatic heterocycles. The maximum atomic E-state index is 12.0. The van der Waals surface area contributed by atoms with Crippen LogP contribution in [0, 0.1) is 6.92 Å². The Labute approximate surface area is 127 Å². The molecule has 4 nitrogen and oxygen atoms in total. The number of nitrogens with one attached hydrogen (secondary N) is 1. The monoisotopic (exact) mass is 338 g/mol. The summed E-state index contributed by atoms with van der Waals surface area (Å²) in [4.78, 5) is 25.7. The van der Waals surface area contributed by atoms with Crippen molar-refractivity contribution in [2.24, 2.45) is 0 Å². The molecule has 0 saturated carbocycles. The number of likely N-dealkylation sites (tertiary alicyclic amines) is 1. The molecule has 2 rings (SSSR count). The van der Waals surface area contributed by atoms with Crippen LogP contribution in [0.3, 0.4) is 0 Å². The quantitative estimate of drug-likeness (QED) is 0.916. The molecule has 0 radical (unpaired) electrons. The normalized spacial score (nSPS) is 14.4. The Morgan fingerprint density at radius 1 is 1.25 bits per heavy atom. The van der Waals surface area contributed by atoms with Gasteiger partial charge in [0.2, 0.25) is 5.91 Å². The summed E-state index contributed by atoms with van der Waals surface area (Å²) in [7, 11) is 0. The first kappa shape index (κ1) is 15.0. The highest BCUT2D eigenvalue weighted by atomic mass is 79.9. The number of halogens is 1. The van der Waals surface area contributed by atoms with E-state index in [1.54, 1.807) is 6.07 Å². The minimum atomic E-state index is -0.136. The standard InChI is InChI=1S/C15H19BrN2O2/c1-11-8-12(10-13(16)9-11)15(20)17-5-4-14(19)18-6-2-3-7-18/h8-10H,2-7H2,1H3,(H,17,20). The van der Waals surface area contributed by atoms with E-state index in [0.717, 1.165) is 36.0 Å². The van der Waals surface area contributed by atoms with Gasteiger partial charge in [0.25, 0.3) is 5.91 Å². The third kappa shape index (κ3) is 4.07. The summed E-state index contributed by atoms with van der Waals surface area (Å²) < 4.78 is 0.885. The number of rotatable bonds is 4. The van der Waals surface area contributed by atoms with Crippen molar-refractivity contribution in [1.29, 1.82) is 0 Å². The Morgan fingerprint density at radius 2 is 1.95 bits per heavy atom. The van der Waals surface area contributed by atoms with Crippen molar-refractivity contribution in [2.75, 3.05) is 19.6 Å². The van der Waals surface area contributed by atoms with Crippen LogP contribution in [-0.2, 0) is 4.79 Å². The van der Waals surface area contributed by atoms with E-state index < -0.39 is 0 Å². The molecule has 1 saturated heterocycles. The van der Waals surface area contributed by atoms with Gasteiger partial charge in [-0.2, -0.15) is 0 Å². The molecule has 1 aliphatic rings. The zero-order valence-corrected chi connectivity index (χ0v) is 13.2. The van der Waals surface area contributed by atoms with Crippen molar-refractivity contribution in [3.05, 3.63) is 33.8 Å². The predicted octanol–water partition coefficient (Wildman–Crippen LogP) is 2.50. The summed E-state index contributed by atoms with van der Waals surface area (Å²) in [5.41, 5.74) is 1.64. The van der Waals surface area contributed by atoms with E-state index in [0.29, 0.717) is 18.5 Å². The van der Waals surface area contributed by atoms with E-state index >= 15 is 0 Å². The summed E-state index contributed by atoms with van der Waals surface area (Å²) in [5.74, 6) is -0.00292. The molecule has 1 aromatic carbocycles. The number of amides is 2. The smallest absolute Gasteiger partial charge is 0.251 e. The second-order valence-electron chi connectivity index (χ2n) is 5.11. The lowest BCUT2D eigenvalue weighted by Gasteiger charge is -2.15. The fraction of sp³-hybridized carbons (Fsp3) is 0.467. The van der Waals surface area contributed by atoms with Gasteiger partial charge in [0.05, 0.1) is 0 Å². The lowest BCUT2D eigenvalue weighted by atomic mass is 10.1. The fourth-order valence-corrected chi connectivity index (χ4v) is 2.98. The highest BCUT2D eigenvalue weighted by molar-refractivity contribution is 9.10. The van der Waals surface area contributed by atoms with Crippen LogP contribution in [0.4, 0.5) is 0 Å². The highest BCUT2D eigenvalue weighted by Gasteiger charge is 2.17. The predicted molar refractivity (Wildman–Crippen MR) is 81.6 cm³/mol. The van der Waals surface area contributed by atoms with E-state index in [1.807, 2.05) is 24.0 Å². The van der Waals surface area contributed by atoms with Crippen LogP contribution in [0.5, 0.6) is 0 Å². The minimum Gasteiger partial charge on any atom is -0.352 e. The van der Waals surface area contributed by atoms with Gasteiger partial charge in [-0.3, -0.25) is 9.59 Å². The van der Waals surface area contributed by atoms with Crippen LogP contribution in [0.25, 0.3) is 0 Å². The zero-order valence-electron chi connectivity index (χ0n) is 11.6. The van der Waals surface area contributed by atoms with Gasteiger partial charge < -0.3 is 10.2 Å². The maximum Gasteiger partial charge on any atom is 0.251 e. The van der Waals surface area contributed by atoms with Gasteiger partial charge in [-0.15, -0.1) is 0 Å². The number of nitrogens with zero attached hydrogens (tertiary/aromatic N) is 1. The number of benzene rings is 1. The van der Waals surface area contributed by atoms with Gasteiger partial charge in [-0.05, 0) is 43.5 Å². The number of aryl methyl sites for hydroxylation is 1. The maximum absolute atomic E-state index is 12.0. The Bertz CT molecular complexity index is 490. The van der Waals surface area contributed by atoms with Crippen molar-refractivity contribution < 1.29 is 9.59 Å². The first-order valence-electron chi connectivity index (χ1n) is 6.89. The molecule has 1 fully saturated rings. The van der Waals surface area contributed by atoms with Crippen LogP contribution in [-0.4, -0.2) is 36.3 Å². The van der Waals surface area contributed by atoms with Gasteiger partial charge in [0, 0.05) is 36.1 Å². The molecular weight excluding hydrogens is 320 g/mol. The summed E-state index contributed by atoms with van der Waals surface area (Å²) in [6.07, 6.45) is 2.56. The molecule has 2 amide bonds. The Morgan fingerprint density at radius 3 is 2.60 bits per heavy atom. The van der Waals surface area contributed by atoms with Crippen molar-refractivity contribution >= 4 is 27.7 Å². The number of carbonyl (C=O) groups is 2. The van der Waals surface area contributed by atoms with E-state index in [-0.39, 0.29) is 11.8 Å². The second-order valence-corrected chi connectivity index (χ2v) is 6.03. The average Bonchev–Trinajstić information content (AvgIpc) is 2.91. The zero-order chi connectivity index (χ0) is 14.5. The van der Waals surface area contributed by atoms with Crippen molar-refractivity contribution in [2.45, 2.75) is 26.2 Å². The number of hydrogen-bond acceptors (Lipinski definition) is 2. The van der Waals surface area contributed by atoms with E-state index in [1.165, 1.54) is 0 Å². The Kier molecular flexibility index (Phi) is 5.17. The first-order chi connectivity index (χ1) is 9.56. The SMILES string of the molecule is Cc1cc(Br)cc(C(=O)NCCC(=O)N2CCCC2)c1. The molecular formula is C15H19BrN2O2. The highest BCUT2D eigenvalue weighted by Crippen LogP contribution is 2.15. The van der Waals surface area contributed by atoms with Crippen LogP contribution in [0.1, 0.15) is 35.2 Å². The molecule has 0 unspecified atom stereocenters. The molecule has 0 bridgehead atoms. The van der Waals surface area contributed by atoms with Crippen molar-refractivity contribution in [3.63, 3.8) is 0 Å². The van der Waals surface area contributed by atoms with Crippen LogP contribution in [0.15, 0.2) is 22.7 Å². The lowest BCUT2D eigenvalue weighted by Crippen LogP contribution is -2.32. The van der Waals surface area contributed by atoms with Crippen molar-refractivity contribution in [1.82, 2.24) is 10.2 Å². The third-order valence-electron chi connectivity index (χ3n) is 3.39. The summed E-state index contributed by atoms with van der Waals surface area (Å²) in [5, 5.41) is 2.80. The molecule has 1 aliphatic heterocycles. The van der Waals surface area contributed by atoms with E-state index in [9.17, 15) is 9.59 Å². The summed E-state index contributed by atoms with van der Waals surface area (Å²) >= 11 is 3.38. The summed E-state index contributed by atoms with van der Waals surface area (Å²) in [6.45, 7) is 4.05. The Balaban J connectivity index is 1.81. The molecule has 1 N–H and O–H groups in total. The Hall–Kier alpha value is -1.36. The van der Waals surface area contributed by atoms with Crippen molar-refractivity contribution in [3.8, 4) is 0 Å². The van der Waals surface area contributed by atoms with Gasteiger partial charge in [-0.25, -0.2) is 0 Å². The minimum absolute atomic E-state index is 0.133. The van der Waals surface area contributed by atoms with Crippen LogP contribution in [0.2, 0.25) is 0 Å². The van der Waals surface area contributed by atoms with Gasteiger partial charge in [0.1, 0.15) is 0 Å². The summed E-state index contributed by atoms with van der Waals surface area (Å²) in [6, 6.07) is 5.57. The molecule has 1 aromatic rings. The first-order valence-corrected chi connectivity index (χ1v) is 7.69. The molecule has 1 heterocycles. The van der Waals surface area contributed by atoms with Gasteiger partial charge in [-0.1, -0.05) is 15.9 Å². The van der Waals surface area contributed by atoms with Gasteiger partial charge >= 0.3 is 0 Å².